The van der Waals surface area contributed by atoms with Crippen molar-refractivity contribution in [3.8, 4) is 5.75 Å². The molecule has 1 aromatic carbocycles. The monoisotopic (exact) mass is 351 g/mol. The summed E-state index contributed by atoms with van der Waals surface area (Å²) in [6.07, 6.45) is 0.536. The topological polar surface area (TPSA) is 87.7 Å². The smallest absolute Gasteiger partial charge is 0.279 e. The summed E-state index contributed by atoms with van der Waals surface area (Å²) < 4.78 is 18.2. The normalized spacial score (nSPS) is 18.2. The number of hydrogen-bond acceptors (Lipinski definition) is 4. The Labute approximate surface area is 145 Å². The minimum Gasteiger partial charge on any atom is -0.481 e. The second kappa shape index (κ2) is 8.46. The Kier molecular flexibility index (Phi) is 6.32. The zero-order valence-corrected chi connectivity index (χ0v) is 14.3. The molecule has 0 unspecified atom stereocenters. The fraction of sp³-hybridized carbons (Fsp3) is 0.471. The lowest BCUT2D eigenvalue weighted by atomic mass is 9.97. The second-order valence-electron chi connectivity index (χ2n) is 6.00. The highest BCUT2D eigenvalue weighted by atomic mass is 19.1. The Balaban J connectivity index is 1.79. The molecular weight excluding hydrogens is 329 g/mol. The van der Waals surface area contributed by atoms with Crippen molar-refractivity contribution >= 4 is 17.7 Å². The van der Waals surface area contributed by atoms with Crippen LogP contribution in [0.5, 0.6) is 5.75 Å². The second-order valence-corrected chi connectivity index (χ2v) is 6.00. The average molecular weight is 351 g/mol. The molecule has 0 spiro atoms. The molecule has 2 N–H and O–H groups in total. The van der Waals surface area contributed by atoms with E-state index in [-0.39, 0.29) is 17.7 Å². The van der Waals surface area contributed by atoms with Crippen molar-refractivity contribution in [3.05, 3.63) is 30.1 Å². The molecule has 1 aromatic rings. The van der Waals surface area contributed by atoms with Crippen molar-refractivity contribution in [1.82, 2.24) is 15.8 Å². The molecule has 1 fully saturated rings. The highest BCUT2D eigenvalue weighted by Gasteiger charge is 2.27. The van der Waals surface area contributed by atoms with Gasteiger partial charge in [0, 0.05) is 20.0 Å². The highest BCUT2D eigenvalue weighted by Crippen LogP contribution is 2.16. The van der Waals surface area contributed by atoms with Crippen molar-refractivity contribution in [3.63, 3.8) is 0 Å². The predicted molar refractivity (Wildman–Crippen MR) is 87.8 cm³/mol. The van der Waals surface area contributed by atoms with Crippen molar-refractivity contribution in [2.24, 2.45) is 5.92 Å². The Morgan fingerprint density at radius 2 is 1.92 bits per heavy atom. The third kappa shape index (κ3) is 5.44. The summed E-state index contributed by atoms with van der Waals surface area (Å²) in [6, 6.07) is 5.28. The Morgan fingerprint density at radius 1 is 1.24 bits per heavy atom. The number of carbonyl (C=O) groups is 3. The first kappa shape index (κ1) is 18.7. The zero-order valence-electron chi connectivity index (χ0n) is 14.3. The lowest BCUT2D eigenvalue weighted by Gasteiger charge is -2.31. The van der Waals surface area contributed by atoms with E-state index in [1.165, 1.54) is 38.1 Å². The molecule has 7 nitrogen and oxygen atoms in total. The Morgan fingerprint density at radius 3 is 2.56 bits per heavy atom. The number of nitrogens with one attached hydrogen (secondary N) is 2. The predicted octanol–water partition coefficient (Wildman–Crippen LogP) is 0.999. The maximum absolute atomic E-state index is 12.8. The molecule has 1 aliphatic heterocycles. The molecular formula is C17H22FN3O4. The largest absolute Gasteiger partial charge is 0.481 e. The van der Waals surface area contributed by atoms with Crippen molar-refractivity contribution in [2.45, 2.75) is 32.8 Å². The first-order valence-electron chi connectivity index (χ1n) is 8.14. The van der Waals surface area contributed by atoms with Gasteiger partial charge in [-0.25, -0.2) is 4.39 Å². The number of halogens is 1. The van der Waals surface area contributed by atoms with E-state index < -0.39 is 17.8 Å². The van der Waals surface area contributed by atoms with Gasteiger partial charge in [0.25, 0.3) is 5.91 Å². The van der Waals surface area contributed by atoms with E-state index in [1.807, 2.05) is 0 Å². The van der Waals surface area contributed by atoms with Crippen LogP contribution in [0.3, 0.4) is 0 Å². The van der Waals surface area contributed by atoms with Crippen LogP contribution in [-0.4, -0.2) is 41.8 Å². The number of rotatable bonds is 4. The van der Waals surface area contributed by atoms with Crippen LogP contribution in [0.1, 0.15) is 26.7 Å². The maximum atomic E-state index is 12.8. The summed E-state index contributed by atoms with van der Waals surface area (Å²) in [5, 5.41) is 0. The molecule has 0 aliphatic carbocycles. The molecule has 8 heteroatoms. The van der Waals surface area contributed by atoms with Crippen LogP contribution in [0.4, 0.5) is 4.39 Å². The molecule has 136 valence electrons. The molecule has 25 heavy (non-hydrogen) atoms. The summed E-state index contributed by atoms with van der Waals surface area (Å²) in [7, 11) is 0. The maximum Gasteiger partial charge on any atom is 0.279 e. The fourth-order valence-electron chi connectivity index (χ4n) is 2.57. The van der Waals surface area contributed by atoms with Crippen LogP contribution < -0.4 is 15.6 Å². The number of hydrogen-bond donors (Lipinski definition) is 2. The van der Waals surface area contributed by atoms with Crippen LogP contribution in [-0.2, 0) is 14.4 Å². The summed E-state index contributed by atoms with van der Waals surface area (Å²) in [5.74, 6) is -1.34. The Bertz CT molecular complexity index is 635. The number of amides is 3. The molecule has 0 radical (unpaired) electrons. The molecule has 1 saturated heterocycles. The number of nitrogens with zero attached hydrogens (tertiary/aromatic N) is 1. The number of benzene rings is 1. The minimum atomic E-state index is -0.870. The molecule has 1 aliphatic rings. The number of piperidine rings is 1. The molecule has 0 aromatic heterocycles. The van der Waals surface area contributed by atoms with Crippen molar-refractivity contribution in [1.29, 1.82) is 0 Å². The van der Waals surface area contributed by atoms with Crippen LogP contribution in [0.15, 0.2) is 24.3 Å². The lowest BCUT2D eigenvalue weighted by Crippen LogP contribution is -2.52. The molecule has 0 bridgehead atoms. The fourth-order valence-corrected chi connectivity index (χ4v) is 2.57. The molecule has 2 atom stereocenters. The van der Waals surface area contributed by atoms with E-state index in [4.69, 9.17) is 4.74 Å². The summed E-state index contributed by atoms with van der Waals surface area (Å²) >= 11 is 0. The van der Waals surface area contributed by atoms with Gasteiger partial charge < -0.3 is 9.64 Å². The highest BCUT2D eigenvalue weighted by molar-refractivity contribution is 5.86. The number of ether oxygens (including phenoxy) is 1. The molecule has 0 saturated carbocycles. The van der Waals surface area contributed by atoms with Gasteiger partial charge in [0.15, 0.2) is 6.10 Å². The van der Waals surface area contributed by atoms with E-state index in [0.29, 0.717) is 25.3 Å². The van der Waals surface area contributed by atoms with Gasteiger partial charge in [-0.3, -0.25) is 25.2 Å². The molecule has 3 amide bonds. The quantitative estimate of drug-likeness (QED) is 0.792. The van der Waals surface area contributed by atoms with Crippen LogP contribution in [0, 0.1) is 11.7 Å². The van der Waals surface area contributed by atoms with E-state index in [9.17, 15) is 18.8 Å². The van der Waals surface area contributed by atoms with E-state index in [0.717, 1.165) is 6.42 Å². The summed E-state index contributed by atoms with van der Waals surface area (Å²) in [4.78, 5) is 37.1. The van der Waals surface area contributed by atoms with Crippen molar-refractivity contribution < 1.29 is 23.5 Å². The lowest BCUT2D eigenvalue weighted by molar-refractivity contribution is -0.137. The van der Waals surface area contributed by atoms with Gasteiger partial charge in [-0.15, -0.1) is 0 Å². The first-order chi connectivity index (χ1) is 11.9. The summed E-state index contributed by atoms with van der Waals surface area (Å²) in [5.41, 5.74) is 4.69. The van der Waals surface area contributed by atoms with Gasteiger partial charge in [0.2, 0.25) is 11.8 Å². The first-order valence-corrected chi connectivity index (χ1v) is 8.14. The zero-order chi connectivity index (χ0) is 18.4. The van der Waals surface area contributed by atoms with Crippen molar-refractivity contribution in [2.75, 3.05) is 13.1 Å². The van der Waals surface area contributed by atoms with Gasteiger partial charge in [-0.2, -0.15) is 0 Å². The molecule has 1 heterocycles. The standard InChI is InChI=1S/C17H22FN3O4/c1-11(25-15-7-5-14(18)6-8-15)16(23)19-20-17(24)13-4-3-9-21(10-13)12(2)22/h5-8,11,13H,3-4,9-10H2,1-2H3,(H,19,23)(H,20,24)/t11-,13+/m0/s1. The number of likely N-dealkylation sites (tertiary alicyclic amines) is 1. The van der Waals surface area contributed by atoms with Gasteiger partial charge >= 0.3 is 0 Å². The average Bonchev–Trinajstić information content (AvgIpc) is 2.61. The van der Waals surface area contributed by atoms with Gasteiger partial charge in [-0.05, 0) is 44.0 Å². The van der Waals surface area contributed by atoms with Gasteiger partial charge in [-0.1, -0.05) is 0 Å². The van der Waals surface area contributed by atoms with Crippen LogP contribution >= 0.6 is 0 Å². The molecule has 2 rings (SSSR count). The number of carbonyl (C=O) groups excluding carboxylic acids is 3. The van der Waals surface area contributed by atoms with E-state index in [1.54, 1.807) is 4.90 Å². The third-order valence-corrected chi connectivity index (χ3v) is 4.04. The summed E-state index contributed by atoms with van der Waals surface area (Å²) in [6.45, 7) is 3.98. The van der Waals surface area contributed by atoms with E-state index in [2.05, 4.69) is 10.9 Å². The van der Waals surface area contributed by atoms with Crippen LogP contribution in [0.25, 0.3) is 0 Å². The number of hydrazine groups is 1. The SMILES string of the molecule is CC(=O)N1CCC[C@@H](C(=O)NNC(=O)[C@H](C)Oc2ccc(F)cc2)C1. The van der Waals surface area contributed by atoms with Gasteiger partial charge in [0.05, 0.1) is 5.92 Å². The minimum absolute atomic E-state index is 0.0668. The van der Waals surface area contributed by atoms with Crippen LogP contribution in [0.2, 0.25) is 0 Å². The van der Waals surface area contributed by atoms with Gasteiger partial charge in [0.1, 0.15) is 11.6 Å². The van der Waals surface area contributed by atoms with E-state index >= 15 is 0 Å². The third-order valence-electron chi connectivity index (χ3n) is 4.04. The Hall–Kier alpha value is -2.64.